The number of hydrogen-bond acceptors (Lipinski definition) is 8. The Labute approximate surface area is 184 Å². The minimum absolute atomic E-state index is 0.579. The average Bonchev–Trinajstić information content (AvgIpc) is 3.56. The zero-order valence-electron chi connectivity index (χ0n) is 17.3. The molecule has 0 radical (unpaired) electrons. The molecule has 4 aromatic rings. The van der Waals surface area contributed by atoms with E-state index in [0.29, 0.717) is 12.3 Å². The lowest BCUT2D eigenvalue weighted by Crippen LogP contribution is -2.35. The molecule has 31 heavy (non-hydrogen) atoms. The highest BCUT2D eigenvalue weighted by molar-refractivity contribution is 7.98. The summed E-state index contributed by atoms with van der Waals surface area (Å²) in [6, 6.07) is 13.8. The van der Waals surface area contributed by atoms with E-state index in [2.05, 4.69) is 42.1 Å². The van der Waals surface area contributed by atoms with Gasteiger partial charge >= 0.3 is 0 Å². The largest absolute Gasteiger partial charge is 0.467 e. The highest BCUT2D eigenvalue weighted by Crippen LogP contribution is 2.28. The molecule has 160 valence electrons. The van der Waals surface area contributed by atoms with Gasteiger partial charge in [0.2, 0.25) is 5.95 Å². The number of benzene rings is 1. The van der Waals surface area contributed by atoms with Gasteiger partial charge in [0, 0.05) is 13.1 Å². The van der Waals surface area contributed by atoms with E-state index in [4.69, 9.17) is 4.42 Å². The number of furan rings is 1. The van der Waals surface area contributed by atoms with Crippen LogP contribution in [0.3, 0.4) is 0 Å². The molecule has 1 fully saturated rings. The summed E-state index contributed by atoms with van der Waals surface area (Å²) < 4.78 is 9.50. The third kappa shape index (κ3) is 4.34. The van der Waals surface area contributed by atoms with Crippen molar-refractivity contribution in [1.82, 2.24) is 35.0 Å². The van der Waals surface area contributed by atoms with Crippen LogP contribution in [0.5, 0.6) is 0 Å². The fourth-order valence-electron chi connectivity index (χ4n) is 3.72. The molecule has 0 aliphatic carbocycles. The summed E-state index contributed by atoms with van der Waals surface area (Å²) in [5.41, 5.74) is 0.934. The van der Waals surface area contributed by atoms with E-state index in [-0.39, 0.29) is 0 Å². The molecule has 0 amide bonds. The Kier molecular flexibility index (Phi) is 5.70. The average molecular weight is 437 g/mol. The number of piperidine rings is 1. The fraction of sp³-hybridized carbons (Fsp3) is 0.381. The maximum absolute atomic E-state index is 5.61. The highest BCUT2D eigenvalue weighted by atomic mass is 32.2. The van der Waals surface area contributed by atoms with E-state index in [0.717, 1.165) is 47.4 Å². The van der Waals surface area contributed by atoms with Crippen molar-refractivity contribution in [3.63, 3.8) is 0 Å². The Balaban J connectivity index is 1.39. The zero-order chi connectivity index (χ0) is 21.0. The van der Waals surface area contributed by atoms with Crippen LogP contribution in [0.1, 0.15) is 31.4 Å². The number of aromatic nitrogens is 7. The van der Waals surface area contributed by atoms with Crippen LogP contribution < -0.4 is 4.90 Å². The molecule has 5 rings (SSSR count). The first-order valence-electron chi connectivity index (χ1n) is 10.4. The predicted molar refractivity (Wildman–Crippen MR) is 117 cm³/mol. The van der Waals surface area contributed by atoms with Crippen molar-refractivity contribution < 1.29 is 4.42 Å². The van der Waals surface area contributed by atoms with Crippen molar-refractivity contribution >= 4 is 17.7 Å². The Morgan fingerprint density at radius 2 is 1.87 bits per heavy atom. The molecule has 1 saturated heterocycles. The number of rotatable bonds is 7. The molecule has 9 nitrogen and oxygen atoms in total. The molecule has 10 heteroatoms. The van der Waals surface area contributed by atoms with Crippen LogP contribution in [0.15, 0.2) is 58.3 Å². The molecule has 1 aromatic carbocycles. The van der Waals surface area contributed by atoms with Crippen molar-refractivity contribution in [3.05, 3.63) is 60.3 Å². The molecule has 0 atom stereocenters. The number of para-hydroxylation sites is 1. The summed E-state index contributed by atoms with van der Waals surface area (Å²) in [5.74, 6) is 3.87. The first-order chi connectivity index (χ1) is 15.3. The summed E-state index contributed by atoms with van der Waals surface area (Å²) in [5, 5.41) is 22.1. The van der Waals surface area contributed by atoms with Gasteiger partial charge in [-0.3, -0.25) is 4.57 Å². The molecular weight excluding hydrogens is 412 g/mol. The van der Waals surface area contributed by atoms with Crippen molar-refractivity contribution in [1.29, 1.82) is 0 Å². The van der Waals surface area contributed by atoms with Crippen LogP contribution in [-0.2, 0) is 12.3 Å². The van der Waals surface area contributed by atoms with Crippen LogP contribution in [0, 0.1) is 5.92 Å². The Morgan fingerprint density at radius 3 is 2.65 bits per heavy atom. The summed E-state index contributed by atoms with van der Waals surface area (Å²) in [4.78, 5) is 2.33. The van der Waals surface area contributed by atoms with Crippen molar-refractivity contribution in [2.75, 3.05) is 18.0 Å². The molecule has 0 spiro atoms. The minimum atomic E-state index is 0.579. The van der Waals surface area contributed by atoms with E-state index in [9.17, 15) is 0 Å². The zero-order valence-corrected chi connectivity index (χ0v) is 18.1. The van der Waals surface area contributed by atoms with E-state index >= 15 is 0 Å². The Morgan fingerprint density at radius 1 is 1.03 bits per heavy atom. The quantitative estimate of drug-likeness (QED) is 0.407. The third-order valence-corrected chi connectivity index (χ3v) is 6.49. The predicted octanol–water partition coefficient (Wildman–Crippen LogP) is 3.42. The lowest BCUT2D eigenvalue weighted by molar-refractivity contribution is 0.427. The van der Waals surface area contributed by atoms with Crippen LogP contribution in [0.2, 0.25) is 0 Å². The molecule has 0 bridgehead atoms. The SMILES string of the molecule is CC1CCN(c2nnc(SCc3nnnn3-c3ccccc3)n2Cc2ccco2)CC1. The van der Waals surface area contributed by atoms with Gasteiger partial charge in [-0.2, -0.15) is 4.68 Å². The van der Waals surface area contributed by atoms with Crippen LogP contribution in [0.4, 0.5) is 5.95 Å². The molecule has 0 saturated carbocycles. The van der Waals surface area contributed by atoms with Crippen molar-refractivity contribution in [2.24, 2.45) is 5.92 Å². The lowest BCUT2D eigenvalue weighted by atomic mass is 10.00. The second-order valence-electron chi connectivity index (χ2n) is 7.75. The summed E-state index contributed by atoms with van der Waals surface area (Å²) in [7, 11) is 0. The second kappa shape index (κ2) is 8.93. The van der Waals surface area contributed by atoms with Crippen LogP contribution >= 0.6 is 11.8 Å². The number of tetrazole rings is 1. The number of nitrogens with zero attached hydrogens (tertiary/aromatic N) is 8. The van der Waals surface area contributed by atoms with Gasteiger partial charge in [0.25, 0.3) is 0 Å². The van der Waals surface area contributed by atoms with Gasteiger partial charge in [0.15, 0.2) is 11.0 Å². The van der Waals surface area contributed by atoms with Crippen molar-refractivity contribution in [2.45, 2.75) is 37.2 Å². The van der Waals surface area contributed by atoms with Gasteiger partial charge in [-0.25, -0.2) is 0 Å². The molecule has 0 N–H and O–H groups in total. The summed E-state index contributed by atoms with van der Waals surface area (Å²) in [6.45, 7) is 4.89. The molecular formula is C21H24N8OS. The minimum Gasteiger partial charge on any atom is -0.467 e. The van der Waals surface area contributed by atoms with Crippen LogP contribution in [-0.4, -0.2) is 48.1 Å². The van der Waals surface area contributed by atoms with E-state index in [1.807, 2.05) is 42.5 Å². The first-order valence-corrected chi connectivity index (χ1v) is 11.4. The summed E-state index contributed by atoms with van der Waals surface area (Å²) >= 11 is 1.58. The standard InChI is InChI=1S/C21H24N8OS/c1-16-9-11-27(12-10-16)20-23-24-21(28(20)14-18-8-5-13-30-18)31-15-19-22-25-26-29(19)17-6-3-2-4-7-17/h2-8,13,16H,9-12,14-15H2,1H3. The number of thioether (sulfide) groups is 1. The van der Waals surface area contributed by atoms with E-state index < -0.39 is 0 Å². The van der Waals surface area contributed by atoms with Crippen molar-refractivity contribution in [3.8, 4) is 5.69 Å². The maximum atomic E-state index is 5.61. The molecule has 3 aromatic heterocycles. The van der Waals surface area contributed by atoms with Gasteiger partial charge in [0.05, 0.1) is 24.2 Å². The monoisotopic (exact) mass is 436 g/mol. The molecule has 0 unspecified atom stereocenters. The van der Waals surface area contributed by atoms with Gasteiger partial charge in [0.1, 0.15) is 5.76 Å². The third-order valence-electron chi connectivity index (χ3n) is 5.52. The fourth-order valence-corrected chi connectivity index (χ4v) is 4.56. The normalized spacial score (nSPS) is 14.9. The van der Waals surface area contributed by atoms with Crippen LogP contribution in [0.25, 0.3) is 5.69 Å². The molecule has 4 heterocycles. The molecule has 1 aliphatic heterocycles. The Bertz CT molecular complexity index is 1100. The smallest absolute Gasteiger partial charge is 0.228 e. The highest BCUT2D eigenvalue weighted by Gasteiger charge is 2.24. The van der Waals surface area contributed by atoms with Gasteiger partial charge < -0.3 is 9.32 Å². The van der Waals surface area contributed by atoms with Gasteiger partial charge in [-0.05, 0) is 53.5 Å². The maximum Gasteiger partial charge on any atom is 0.228 e. The molecule has 1 aliphatic rings. The van der Waals surface area contributed by atoms with E-state index in [1.165, 1.54) is 12.8 Å². The summed E-state index contributed by atoms with van der Waals surface area (Å²) in [6.07, 6.45) is 4.03. The number of hydrogen-bond donors (Lipinski definition) is 0. The van der Waals surface area contributed by atoms with E-state index in [1.54, 1.807) is 22.7 Å². The lowest BCUT2D eigenvalue weighted by Gasteiger charge is -2.31. The topological polar surface area (TPSA) is 90.7 Å². The van der Waals surface area contributed by atoms with Gasteiger partial charge in [-0.15, -0.1) is 15.3 Å². The van der Waals surface area contributed by atoms with Gasteiger partial charge in [-0.1, -0.05) is 36.9 Å². The first kappa shape index (κ1) is 19.8. The number of anilines is 1. The Hall–Kier alpha value is -3.14. The second-order valence-corrected chi connectivity index (χ2v) is 8.69.